The van der Waals surface area contributed by atoms with Crippen molar-refractivity contribution in [3.8, 4) is 0 Å². The Morgan fingerprint density at radius 3 is 2.30 bits per heavy atom. The maximum absolute atomic E-state index is 12.1. The highest BCUT2D eigenvalue weighted by molar-refractivity contribution is 6.39. The van der Waals surface area contributed by atoms with E-state index in [-0.39, 0.29) is 18.1 Å². The second kappa shape index (κ2) is 6.75. The van der Waals surface area contributed by atoms with Gasteiger partial charge in [0.15, 0.2) is 0 Å². The van der Waals surface area contributed by atoms with Crippen LogP contribution in [0.25, 0.3) is 0 Å². The molecule has 0 fully saturated rings. The fraction of sp³-hybridized carbons (Fsp3) is 0.133. The van der Waals surface area contributed by atoms with Crippen LogP contribution in [0.15, 0.2) is 42.5 Å². The average molecular weight is 310 g/mol. The normalized spacial score (nSPS) is 10.3. The summed E-state index contributed by atoms with van der Waals surface area (Å²) in [7, 11) is 0. The zero-order valence-electron chi connectivity index (χ0n) is 10.6. The largest absolute Gasteiger partial charge is 0.392 e. The van der Waals surface area contributed by atoms with Gasteiger partial charge < -0.3 is 10.4 Å². The topological polar surface area (TPSA) is 49.3 Å². The lowest BCUT2D eigenvalue weighted by Crippen LogP contribution is -2.23. The van der Waals surface area contributed by atoms with Crippen LogP contribution in [0, 0.1) is 0 Å². The van der Waals surface area contributed by atoms with E-state index in [2.05, 4.69) is 5.32 Å². The lowest BCUT2D eigenvalue weighted by Gasteiger charge is -2.09. The Hall–Kier alpha value is -1.55. The Labute approximate surface area is 127 Å². The molecule has 0 bridgehead atoms. The summed E-state index contributed by atoms with van der Waals surface area (Å²) in [6, 6.07) is 12.3. The second-order valence-electron chi connectivity index (χ2n) is 4.26. The third-order valence-corrected chi connectivity index (χ3v) is 3.45. The summed E-state index contributed by atoms with van der Waals surface area (Å²) < 4.78 is 0. The first kappa shape index (κ1) is 14.9. The van der Waals surface area contributed by atoms with Crippen LogP contribution in [0.3, 0.4) is 0 Å². The molecule has 0 heterocycles. The zero-order chi connectivity index (χ0) is 14.5. The molecule has 0 atom stereocenters. The lowest BCUT2D eigenvalue weighted by atomic mass is 10.1. The second-order valence-corrected chi connectivity index (χ2v) is 5.07. The number of carbonyl (C=O) groups excluding carboxylic acids is 1. The molecule has 2 aromatic rings. The molecule has 0 saturated carbocycles. The van der Waals surface area contributed by atoms with Gasteiger partial charge >= 0.3 is 0 Å². The summed E-state index contributed by atoms with van der Waals surface area (Å²) in [5, 5.41) is 12.5. The molecule has 5 heteroatoms. The highest BCUT2D eigenvalue weighted by atomic mass is 35.5. The van der Waals surface area contributed by atoms with Crippen molar-refractivity contribution in [2.75, 3.05) is 0 Å². The molecule has 0 aliphatic carbocycles. The van der Waals surface area contributed by atoms with Crippen molar-refractivity contribution in [3.63, 3.8) is 0 Å². The maximum atomic E-state index is 12.1. The molecule has 0 saturated heterocycles. The van der Waals surface area contributed by atoms with E-state index in [0.29, 0.717) is 16.6 Å². The summed E-state index contributed by atoms with van der Waals surface area (Å²) in [4.78, 5) is 12.1. The SMILES string of the molecule is O=C(NCc1cccc(CO)c1)c1c(Cl)cccc1Cl. The minimum atomic E-state index is -0.324. The molecule has 0 aliphatic heterocycles. The molecule has 2 N–H and O–H groups in total. The van der Waals surface area contributed by atoms with Gasteiger partial charge in [0.1, 0.15) is 0 Å². The Kier molecular flexibility index (Phi) is 5.01. The Morgan fingerprint density at radius 1 is 1.05 bits per heavy atom. The standard InChI is InChI=1S/C15H13Cl2NO2/c16-12-5-2-6-13(17)14(12)15(20)18-8-10-3-1-4-11(7-10)9-19/h1-7,19H,8-9H2,(H,18,20). The predicted molar refractivity (Wildman–Crippen MR) is 80.0 cm³/mol. The maximum Gasteiger partial charge on any atom is 0.254 e. The van der Waals surface area contributed by atoms with Gasteiger partial charge in [-0.2, -0.15) is 0 Å². The summed E-state index contributed by atoms with van der Waals surface area (Å²) in [6.07, 6.45) is 0. The summed E-state index contributed by atoms with van der Waals surface area (Å²) in [5.74, 6) is -0.324. The molecule has 104 valence electrons. The van der Waals surface area contributed by atoms with Gasteiger partial charge in [-0.05, 0) is 23.3 Å². The van der Waals surface area contributed by atoms with Crippen LogP contribution in [-0.2, 0) is 13.2 Å². The first-order valence-electron chi connectivity index (χ1n) is 6.02. The monoisotopic (exact) mass is 309 g/mol. The van der Waals surface area contributed by atoms with E-state index in [1.54, 1.807) is 18.2 Å². The number of halogens is 2. The first-order chi connectivity index (χ1) is 9.61. The minimum Gasteiger partial charge on any atom is -0.392 e. The van der Waals surface area contributed by atoms with Crippen LogP contribution in [0.5, 0.6) is 0 Å². The number of amides is 1. The molecule has 2 aromatic carbocycles. The van der Waals surface area contributed by atoms with Crippen molar-refractivity contribution in [2.45, 2.75) is 13.2 Å². The van der Waals surface area contributed by atoms with Crippen molar-refractivity contribution < 1.29 is 9.90 Å². The molecule has 3 nitrogen and oxygen atoms in total. The number of benzene rings is 2. The molecule has 0 aliphatic rings. The zero-order valence-corrected chi connectivity index (χ0v) is 12.1. The van der Waals surface area contributed by atoms with Crippen molar-refractivity contribution in [3.05, 3.63) is 69.2 Å². The van der Waals surface area contributed by atoms with E-state index >= 15 is 0 Å². The average Bonchev–Trinajstić information content (AvgIpc) is 2.45. The van der Waals surface area contributed by atoms with Crippen molar-refractivity contribution in [2.24, 2.45) is 0 Å². The fourth-order valence-corrected chi connectivity index (χ4v) is 2.39. The van der Waals surface area contributed by atoms with Gasteiger partial charge in [0, 0.05) is 6.54 Å². The summed E-state index contributed by atoms with van der Waals surface area (Å²) >= 11 is 12.0. The number of aliphatic hydroxyl groups excluding tert-OH is 1. The van der Waals surface area contributed by atoms with E-state index < -0.39 is 0 Å². The third-order valence-electron chi connectivity index (χ3n) is 2.82. The van der Waals surface area contributed by atoms with E-state index in [1.807, 2.05) is 24.3 Å². The van der Waals surface area contributed by atoms with Gasteiger partial charge in [-0.1, -0.05) is 53.5 Å². The quantitative estimate of drug-likeness (QED) is 0.909. The number of rotatable bonds is 4. The number of carbonyl (C=O) groups is 1. The van der Waals surface area contributed by atoms with Gasteiger partial charge in [0.05, 0.1) is 22.2 Å². The molecule has 1 amide bonds. The van der Waals surface area contributed by atoms with E-state index in [9.17, 15) is 4.79 Å². The number of aliphatic hydroxyl groups is 1. The van der Waals surface area contributed by atoms with Gasteiger partial charge in [-0.3, -0.25) is 4.79 Å². The van der Waals surface area contributed by atoms with Crippen molar-refractivity contribution in [1.29, 1.82) is 0 Å². The molecule has 0 unspecified atom stereocenters. The predicted octanol–water partition coefficient (Wildman–Crippen LogP) is 3.42. The van der Waals surface area contributed by atoms with Crippen LogP contribution in [0.1, 0.15) is 21.5 Å². The van der Waals surface area contributed by atoms with Crippen LogP contribution < -0.4 is 5.32 Å². The first-order valence-corrected chi connectivity index (χ1v) is 6.78. The van der Waals surface area contributed by atoms with Gasteiger partial charge in [0.2, 0.25) is 0 Å². The number of hydrogen-bond donors (Lipinski definition) is 2. The molecule has 0 spiro atoms. The minimum absolute atomic E-state index is 0.0296. The van der Waals surface area contributed by atoms with Crippen molar-refractivity contribution in [1.82, 2.24) is 5.32 Å². The highest BCUT2D eigenvalue weighted by Crippen LogP contribution is 2.24. The summed E-state index contributed by atoms with van der Waals surface area (Å²) in [6.45, 7) is 0.312. The lowest BCUT2D eigenvalue weighted by molar-refractivity contribution is 0.0951. The van der Waals surface area contributed by atoms with Crippen LogP contribution in [0.2, 0.25) is 10.0 Å². The molecular formula is C15H13Cl2NO2. The molecule has 0 aromatic heterocycles. The number of hydrogen-bond acceptors (Lipinski definition) is 2. The smallest absolute Gasteiger partial charge is 0.254 e. The van der Waals surface area contributed by atoms with Crippen LogP contribution >= 0.6 is 23.2 Å². The van der Waals surface area contributed by atoms with Crippen LogP contribution in [0.4, 0.5) is 0 Å². The van der Waals surface area contributed by atoms with E-state index in [1.165, 1.54) is 0 Å². The third kappa shape index (κ3) is 3.51. The van der Waals surface area contributed by atoms with Crippen LogP contribution in [-0.4, -0.2) is 11.0 Å². The fourth-order valence-electron chi connectivity index (χ4n) is 1.82. The Morgan fingerprint density at radius 2 is 1.65 bits per heavy atom. The molecular weight excluding hydrogens is 297 g/mol. The Balaban J connectivity index is 2.09. The van der Waals surface area contributed by atoms with E-state index in [4.69, 9.17) is 28.3 Å². The van der Waals surface area contributed by atoms with Crippen molar-refractivity contribution >= 4 is 29.1 Å². The van der Waals surface area contributed by atoms with Gasteiger partial charge in [-0.25, -0.2) is 0 Å². The summed E-state index contributed by atoms with van der Waals surface area (Å²) in [5.41, 5.74) is 1.97. The van der Waals surface area contributed by atoms with E-state index in [0.717, 1.165) is 11.1 Å². The molecule has 0 radical (unpaired) electrons. The number of nitrogens with one attached hydrogen (secondary N) is 1. The highest BCUT2D eigenvalue weighted by Gasteiger charge is 2.13. The molecule has 2 rings (SSSR count). The van der Waals surface area contributed by atoms with Gasteiger partial charge in [0.25, 0.3) is 5.91 Å². The van der Waals surface area contributed by atoms with Gasteiger partial charge in [-0.15, -0.1) is 0 Å². The Bertz CT molecular complexity index is 609. The molecule has 20 heavy (non-hydrogen) atoms.